The standard InChI is InChI=1S/C18H18ClNO2S2/c19-15-2-1-3-16(12-15)22-9-8-20-17(21)13-4-6-14(7-5-13)18-23-10-11-24-18/h1-7,12,18H,8-11H2,(H,20,21). The molecule has 2 aromatic carbocycles. The van der Waals surface area contributed by atoms with Gasteiger partial charge < -0.3 is 10.1 Å². The number of hydrogen-bond donors (Lipinski definition) is 1. The third kappa shape index (κ3) is 4.85. The second-order valence-electron chi connectivity index (χ2n) is 5.26. The fourth-order valence-corrected chi connectivity index (χ4v) is 5.37. The first-order valence-electron chi connectivity index (χ1n) is 7.72. The molecule has 3 nitrogen and oxygen atoms in total. The highest BCUT2D eigenvalue weighted by atomic mass is 35.5. The molecule has 6 heteroatoms. The number of rotatable bonds is 6. The van der Waals surface area contributed by atoms with Crippen molar-refractivity contribution in [2.45, 2.75) is 4.58 Å². The first-order chi connectivity index (χ1) is 11.7. The predicted octanol–water partition coefficient (Wildman–Crippen LogP) is 4.63. The molecule has 1 amide bonds. The molecule has 1 heterocycles. The average Bonchev–Trinajstić information content (AvgIpc) is 3.13. The largest absolute Gasteiger partial charge is 0.492 e. The van der Waals surface area contributed by atoms with Gasteiger partial charge in [-0.05, 0) is 35.9 Å². The van der Waals surface area contributed by atoms with Crippen LogP contribution in [-0.2, 0) is 0 Å². The van der Waals surface area contributed by atoms with Gasteiger partial charge >= 0.3 is 0 Å². The van der Waals surface area contributed by atoms with Gasteiger partial charge in [-0.2, -0.15) is 0 Å². The number of carbonyl (C=O) groups is 1. The highest BCUT2D eigenvalue weighted by Gasteiger charge is 2.18. The molecular formula is C18H18ClNO2S2. The van der Waals surface area contributed by atoms with E-state index < -0.39 is 0 Å². The van der Waals surface area contributed by atoms with Gasteiger partial charge in [0.2, 0.25) is 0 Å². The average molecular weight is 380 g/mol. The summed E-state index contributed by atoms with van der Waals surface area (Å²) < 4.78 is 6.06. The molecular weight excluding hydrogens is 362 g/mol. The third-order valence-corrected chi connectivity index (χ3v) is 6.86. The first-order valence-corrected chi connectivity index (χ1v) is 10.2. The van der Waals surface area contributed by atoms with Gasteiger partial charge in [0.15, 0.2) is 0 Å². The van der Waals surface area contributed by atoms with Crippen molar-refractivity contribution in [3.63, 3.8) is 0 Å². The van der Waals surface area contributed by atoms with Gasteiger partial charge in [-0.15, -0.1) is 23.5 Å². The Morgan fingerprint density at radius 3 is 2.62 bits per heavy atom. The monoisotopic (exact) mass is 379 g/mol. The highest BCUT2D eigenvalue weighted by molar-refractivity contribution is 8.19. The molecule has 1 N–H and O–H groups in total. The Kier molecular flexibility index (Phi) is 6.35. The van der Waals surface area contributed by atoms with Gasteiger partial charge in [-0.1, -0.05) is 29.8 Å². The lowest BCUT2D eigenvalue weighted by atomic mass is 10.1. The van der Waals surface area contributed by atoms with Crippen molar-refractivity contribution >= 4 is 41.0 Å². The van der Waals surface area contributed by atoms with E-state index in [-0.39, 0.29) is 5.91 Å². The van der Waals surface area contributed by atoms with E-state index in [1.165, 1.54) is 17.1 Å². The second kappa shape index (κ2) is 8.70. The van der Waals surface area contributed by atoms with Crippen molar-refractivity contribution in [1.29, 1.82) is 0 Å². The van der Waals surface area contributed by atoms with Crippen LogP contribution >= 0.6 is 35.1 Å². The first kappa shape index (κ1) is 17.5. The summed E-state index contributed by atoms with van der Waals surface area (Å²) in [6.45, 7) is 0.848. The molecule has 1 saturated heterocycles. The number of nitrogens with one attached hydrogen (secondary N) is 1. The Bertz CT molecular complexity index is 688. The Balaban J connectivity index is 1.44. The van der Waals surface area contributed by atoms with E-state index in [0.29, 0.717) is 34.1 Å². The Morgan fingerprint density at radius 1 is 1.17 bits per heavy atom. The van der Waals surface area contributed by atoms with Crippen LogP contribution in [0.4, 0.5) is 0 Å². The van der Waals surface area contributed by atoms with E-state index in [2.05, 4.69) is 5.32 Å². The molecule has 0 aromatic heterocycles. The molecule has 1 fully saturated rings. The van der Waals surface area contributed by atoms with E-state index in [1.54, 1.807) is 12.1 Å². The predicted molar refractivity (Wildman–Crippen MR) is 103 cm³/mol. The summed E-state index contributed by atoms with van der Waals surface area (Å²) in [7, 11) is 0. The minimum absolute atomic E-state index is 0.0806. The van der Waals surface area contributed by atoms with Crippen LogP contribution in [0, 0.1) is 0 Å². The Morgan fingerprint density at radius 2 is 1.92 bits per heavy atom. The van der Waals surface area contributed by atoms with Gasteiger partial charge in [-0.3, -0.25) is 4.79 Å². The van der Waals surface area contributed by atoms with Crippen LogP contribution in [0.5, 0.6) is 5.75 Å². The van der Waals surface area contributed by atoms with Crippen molar-refractivity contribution in [1.82, 2.24) is 5.32 Å². The minimum Gasteiger partial charge on any atom is -0.492 e. The van der Waals surface area contributed by atoms with Crippen molar-refractivity contribution in [3.8, 4) is 5.75 Å². The maximum atomic E-state index is 12.1. The van der Waals surface area contributed by atoms with Gasteiger partial charge in [0, 0.05) is 22.1 Å². The molecule has 0 saturated carbocycles. The van der Waals surface area contributed by atoms with Crippen molar-refractivity contribution in [2.24, 2.45) is 0 Å². The Labute approximate surface area is 155 Å². The number of benzene rings is 2. The normalized spacial score (nSPS) is 14.5. The zero-order chi connectivity index (χ0) is 16.8. The molecule has 24 heavy (non-hydrogen) atoms. The molecule has 0 bridgehead atoms. The molecule has 1 aliphatic rings. The lowest BCUT2D eigenvalue weighted by Gasteiger charge is -2.10. The minimum atomic E-state index is -0.0806. The van der Waals surface area contributed by atoms with Crippen LogP contribution in [0.3, 0.4) is 0 Å². The van der Waals surface area contributed by atoms with Crippen molar-refractivity contribution in [3.05, 3.63) is 64.7 Å². The second-order valence-corrected chi connectivity index (χ2v) is 8.42. The fraction of sp³-hybridized carbons (Fsp3) is 0.278. The maximum absolute atomic E-state index is 12.1. The van der Waals surface area contributed by atoms with Gasteiger partial charge in [0.05, 0.1) is 11.1 Å². The number of hydrogen-bond acceptors (Lipinski definition) is 4. The van der Waals surface area contributed by atoms with Crippen LogP contribution in [0.15, 0.2) is 48.5 Å². The summed E-state index contributed by atoms with van der Waals surface area (Å²) in [5, 5.41) is 3.50. The van der Waals surface area contributed by atoms with Crippen LogP contribution in [0.2, 0.25) is 5.02 Å². The summed E-state index contributed by atoms with van der Waals surface area (Å²) in [5.41, 5.74) is 1.96. The van der Waals surface area contributed by atoms with E-state index in [1.807, 2.05) is 59.9 Å². The molecule has 126 valence electrons. The van der Waals surface area contributed by atoms with E-state index >= 15 is 0 Å². The van der Waals surface area contributed by atoms with E-state index in [4.69, 9.17) is 16.3 Å². The summed E-state index contributed by atoms with van der Waals surface area (Å²) in [5.74, 6) is 3.02. The van der Waals surface area contributed by atoms with Crippen LogP contribution in [0.25, 0.3) is 0 Å². The summed E-state index contributed by atoms with van der Waals surface area (Å²) >= 11 is 9.82. The summed E-state index contributed by atoms with van der Waals surface area (Å²) in [4.78, 5) is 12.1. The number of carbonyl (C=O) groups excluding carboxylic acids is 1. The van der Waals surface area contributed by atoms with Gasteiger partial charge in [-0.25, -0.2) is 0 Å². The van der Waals surface area contributed by atoms with E-state index in [9.17, 15) is 4.79 Å². The Hall–Kier alpha value is -1.30. The molecule has 2 aromatic rings. The lowest BCUT2D eigenvalue weighted by molar-refractivity contribution is 0.0947. The fourth-order valence-electron chi connectivity index (χ4n) is 2.33. The molecule has 0 aliphatic carbocycles. The summed E-state index contributed by atoms with van der Waals surface area (Å²) in [6, 6.07) is 15.1. The van der Waals surface area contributed by atoms with Crippen LogP contribution < -0.4 is 10.1 Å². The van der Waals surface area contributed by atoms with Gasteiger partial charge in [0.25, 0.3) is 5.91 Å². The zero-order valence-electron chi connectivity index (χ0n) is 13.0. The van der Waals surface area contributed by atoms with Crippen molar-refractivity contribution in [2.75, 3.05) is 24.7 Å². The molecule has 0 unspecified atom stereocenters. The molecule has 0 radical (unpaired) electrons. The number of amides is 1. The molecule has 3 rings (SSSR count). The number of halogens is 1. The molecule has 1 aliphatic heterocycles. The number of thioether (sulfide) groups is 2. The smallest absolute Gasteiger partial charge is 0.251 e. The SMILES string of the molecule is O=C(NCCOc1cccc(Cl)c1)c1ccc(C2SCCS2)cc1. The van der Waals surface area contributed by atoms with Gasteiger partial charge in [0.1, 0.15) is 12.4 Å². The van der Waals surface area contributed by atoms with E-state index in [0.717, 1.165) is 0 Å². The molecule has 0 spiro atoms. The third-order valence-electron chi connectivity index (χ3n) is 3.52. The zero-order valence-corrected chi connectivity index (χ0v) is 15.4. The number of ether oxygens (including phenoxy) is 1. The molecule has 0 atom stereocenters. The lowest BCUT2D eigenvalue weighted by Crippen LogP contribution is -2.28. The van der Waals surface area contributed by atoms with Crippen molar-refractivity contribution < 1.29 is 9.53 Å². The summed E-state index contributed by atoms with van der Waals surface area (Å²) in [6.07, 6.45) is 0. The quantitative estimate of drug-likeness (QED) is 0.743. The highest BCUT2D eigenvalue weighted by Crippen LogP contribution is 2.45. The van der Waals surface area contributed by atoms with Crippen LogP contribution in [0.1, 0.15) is 20.5 Å². The maximum Gasteiger partial charge on any atom is 0.251 e. The van der Waals surface area contributed by atoms with Crippen LogP contribution in [-0.4, -0.2) is 30.6 Å². The topological polar surface area (TPSA) is 38.3 Å².